The third-order valence-corrected chi connectivity index (χ3v) is 6.09. The van der Waals surface area contributed by atoms with Crippen LogP contribution in [0.3, 0.4) is 0 Å². The number of carbonyl (C=O) groups excluding carboxylic acids is 1. The summed E-state index contributed by atoms with van der Waals surface area (Å²) in [5, 5.41) is 0.947. The Hall–Kier alpha value is -1.71. The molecule has 1 aliphatic rings. The molecule has 1 aromatic rings. The summed E-state index contributed by atoms with van der Waals surface area (Å²) in [6, 6.07) is 8.85. The minimum atomic E-state index is -3.81. The predicted molar refractivity (Wildman–Crippen MR) is 87.1 cm³/mol. The van der Waals surface area contributed by atoms with Crippen LogP contribution in [0.1, 0.15) is 18.4 Å². The number of hydrazine groups is 1. The highest BCUT2D eigenvalue weighted by Gasteiger charge is 2.29. The summed E-state index contributed by atoms with van der Waals surface area (Å²) in [4.78, 5) is 13.6. The van der Waals surface area contributed by atoms with Gasteiger partial charge in [0.2, 0.25) is 5.91 Å². The zero-order valence-electron chi connectivity index (χ0n) is 12.3. The second-order valence-electron chi connectivity index (χ2n) is 5.38. The number of sulfone groups is 1. The van der Waals surface area contributed by atoms with E-state index in [1.165, 1.54) is 6.08 Å². The largest absolute Gasteiger partial charge is 0.278 e. The molecule has 2 rings (SSSR count). The minimum absolute atomic E-state index is 0.0237. The summed E-state index contributed by atoms with van der Waals surface area (Å²) in [5.41, 5.74) is 2.80. The van der Waals surface area contributed by atoms with Gasteiger partial charge < -0.3 is 0 Å². The van der Waals surface area contributed by atoms with Crippen LogP contribution in [0.15, 0.2) is 35.7 Å². The maximum absolute atomic E-state index is 11.7. The molecule has 0 aliphatic carbocycles. The first-order valence-corrected chi connectivity index (χ1v) is 10.4. The van der Waals surface area contributed by atoms with Crippen molar-refractivity contribution in [2.45, 2.75) is 12.8 Å². The van der Waals surface area contributed by atoms with Gasteiger partial charge in [-0.05, 0) is 24.0 Å². The van der Waals surface area contributed by atoms with Gasteiger partial charge in [-0.15, -0.1) is 4.83 Å². The Morgan fingerprint density at radius 2 is 1.96 bits per heavy atom. The minimum Gasteiger partial charge on any atom is -0.278 e. The molecular formula is C14H18N2O5S2. The third-order valence-electron chi connectivity index (χ3n) is 3.37. The number of rotatable bonds is 6. The number of benzene rings is 1. The highest BCUT2D eigenvalue weighted by molar-refractivity contribution is 7.92. The number of hydrogen-bond acceptors (Lipinski definition) is 5. The van der Waals surface area contributed by atoms with E-state index in [0.29, 0.717) is 12.0 Å². The summed E-state index contributed by atoms with van der Waals surface area (Å²) < 4.78 is 46.1. The Kier molecular flexibility index (Phi) is 5.55. The molecule has 7 nitrogen and oxygen atoms in total. The van der Waals surface area contributed by atoms with Crippen LogP contribution < -0.4 is 10.3 Å². The van der Waals surface area contributed by atoms with Crippen molar-refractivity contribution in [3.63, 3.8) is 0 Å². The predicted octanol–water partition coefficient (Wildman–Crippen LogP) is 0.433. The maximum atomic E-state index is 11.7. The van der Waals surface area contributed by atoms with Gasteiger partial charge in [0.25, 0.3) is 10.0 Å². The van der Waals surface area contributed by atoms with Crippen molar-refractivity contribution >= 4 is 31.8 Å². The van der Waals surface area contributed by atoms with E-state index in [4.69, 9.17) is 0 Å². The average molecular weight is 358 g/mol. The zero-order valence-corrected chi connectivity index (χ0v) is 13.9. The smallest absolute Gasteiger partial charge is 0.250 e. The molecule has 0 spiro atoms. The molecule has 0 radical (unpaired) electrons. The van der Waals surface area contributed by atoms with Gasteiger partial charge in [-0.25, -0.2) is 16.8 Å². The van der Waals surface area contributed by atoms with Crippen LogP contribution in [0.5, 0.6) is 0 Å². The SMILES string of the molecule is O=C(C[C@H]1CCS(=O)(=O)C1)NNS(=O)(=O)/C=C/c1ccccc1. The second kappa shape index (κ2) is 7.24. The van der Waals surface area contributed by atoms with Crippen molar-refractivity contribution in [3.05, 3.63) is 41.3 Å². The average Bonchev–Trinajstić information content (AvgIpc) is 2.83. The molecule has 1 aromatic carbocycles. The molecule has 0 unspecified atom stereocenters. The number of hydrogen-bond donors (Lipinski definition) is 2. The third kappa shape index (κ3) is 6.12. The summed E-state index contributed by atoms with van der Waals surface area (Å²) in [5.74, 6) is -0.759. The molecule has 1 saturated heterocycles. The number of carbonyl (C=O) groups is 1. The molecule has 0 aromatic heterocycles. The molecule has 2 N–H and O–H groups in total. The zero-order chi connectivity index (χ0) is 16.9. The lowest BCUT2D eigenvalue weighted by Crippen LogP contribution is -2.41. The van der Waals surface area contributed by atoms with E-state index in [1.54, 1.807) is 24.3 Å². The summed E-state index contributed by atoms with van der Waals surface area (Å²) in [6.07, 6.45) is 1.80. The van der Waals surface area contributed by atoms with Crippen LogP contribution in [0.2, 0.25) is 0 Å². The first kappa shape index (κ1) is 17.6. The quantitative estimate of drug-likeness (QED) is 0.717. The maximum Gasteiger partial charge on any atom is 0.250 e. The molecule has 23 heavy (non-hydrogen) atoms. The van der Waals surface area contributed by atoms with E-state index >= 15 is 0 Å². The van der Waals surface area contributed by atoms with Crippen molar-refractivity contribution in [1.82, 2.24) is 10.3 Å². The van der Waals surface area contributed by atoms with E-state index in [-0.39, 0.29) is 23.8 Å². The summed E-state index contributed by atoms with van der Waals surface area (Å²) in [7, 11) is -6.87. The Morgan fingerprint density at radius 3 is 2.57 bits per heavy atom. The van der Waals surface area contributed by atoms with Crippen molar-refractivity contribution < 1.29 is 21.6 Å². The van der Waals surface area contributed by atoms with Crippen LogP contribution in [0.4, 0.5) is 0 Å². The van der Waals surface area contributed by atoms with E-state index in [2.05, 4.69) is 5.43 Å². The molecule has 9 heteroatoms. The molecule has 1 heterocycles. The summed E-state index contributed by atoms with van der Waals surface area (Å²) >= 11 is 0. The highest BCUT2D eigenvalue weighted by Crippen LogP contribution is 2.21. The number of amides is 1. The molecule has 1 atom stereocenters. The fourth-order valence-electron chi connectivity index (χ4n) is 2.24. The fourth-order valence-corrected chi connectivity index (χ4v) is 4.76. The Bertz CT molecular complexity index is 786. The van der Waals surface area contributed by atoms with Crippen LogP contribution in [-0.2, 0) is 24.7 Å². The van der Waals surface area contributed by atoms with Gasteiger partial charge in [-0.2, -0.15) is 0 Å². The van der Waals surface area contributed by atoms with Gasteiger partial charge >= 0.3 is 0 Å². The molecular weight excluding hydrogens is 340 g/mol. The lowest BCUT2D eigenvalue weighted by molar-refractivity contribution is -0.122. The van der Waals surface area contributed by atoms with Gasteiger partial charge in [-0.3, -0.25) is 10.2 Å². The van der Waals surface area contributed by atoms with Gasteiger partial charge in [0.05, 0.1) is 11.5 Å². The van der Waals surface area contributed by atoms with Crippen molar-refractivity contribution in [3.8, 4) is 0 Å². The topological polar surface area (TPSA) is 109 Å². The van der Waals surface area contributed by atoms with E-state index in [9.17, 15) is 21.6 Å². The summed E-state index contributed by atoms with van der Waals surface area (Å²) in [6.45, 7) is 0. The van der Waals surface area contributed by atoms with Crippen molar-refractivity contribution in [2.24, 2.45) is 5.92 Å². The van der Waals surface area contributed by atoms with Gasteiger partial charge in [-0.1, -0.05) is 30.3 Å². The second-order valence-corrected chi connectivity index (χ2v) is 9.18. The Labute approximate surface area is 135 Å². The fraction of sp³-hybridized carbons (Fsp3) is 0.357. The molecule has 1 aliphatic heterocycles. The van der Waals surface area contributed by atoms with Crippen molar-refractivity contribution in [1.29, 1.82) is 0 Å². The molecule has 1 amide bonds. The van der Waals surface area contributed by atoms with Crippen LogP contribution in [-0.4, -0.2) is 34.2 Å². The highest BCUT2D eigenvalue weighted by atomic mass is 32.2. The molecule has 0 bridgehead atoms. The number of nitrogens with one attached hydrogen (secondary N) is 2. The van der Waals surface area contributed by atoms with Crippen LogP contribution >= 0.6 is 0 Å². The van der Waals surface area contributed by atoms with Gasteiger partial charge in [0.15, 0.2) is 9.84 Å². The van der Waals surface area contributed by atoms with Gasteiger partial charge in [0, 0.05) is 11.8 Å². The first-order chi connectivity index (χ1) is 10.8. The van der Waals surface area contributed by atoms with Crippen LogP contribution in [0.25, 0.3) is 6.08 Å². The molecule has 1 fully saturated rings. The van der Waals surface area contributed by atoms with Crippen molar-refractivity contribution in [2.75, 3.05) is 11.5 Å². The molecule has 126 valence electrons. The van der Waals surface area contributed by atoms with Gasteiger partial charge in [0.1, 0.15) is 0 Å². The number of sulfonamides is 1. The Balaban J connectivity index is 1.82. The van der Waals surface area contributed by atoms with Crippen LogP contribution in [0, 0.1) is 5.92 Å². The standard InChI is InChI=1S/C14H18N2O5S2/c17-14(10-13-6-8-22(18,19)11-13)15-16-23(20,21)9-7-12-4-2-1-3-5-12/h1-5,7,9,13,16H,6,8,10-11H2,(H,15,17)/b9-7+/t13-/m1/s1. The van der Waals surface area contributed by atoms with E-state index in [0.717, 1.165) is 5.41 Å². The first-order valence-electron chi connectivity index (χ1n) is 7.00. The Morgan fingerprint density at radius 1 is 1.26 bits per heavy atom. The lowest BCUT2D eigenvalue weighted by Gasteiger charge is -2.08. The normalized spacial score (nSPS) is 20.6. The molecule has 0 saturated carbocycles. The lowest BCUT2D eigenvalue weighted by atomic mass is 10.1. The monoisotopic (exact) mass is 358 g/mol. The van der Waals surface area contributed by atoms with E-state index < -0.39 is 25.8 Å². The van der Waals surface area contributed by atoms with E-state index in [1.807, 2.05) is 10.9 Å².